The van der Waals surface area contributed by atoms with E-state index in [0.29, 0.717) is 18.4 Å². The maximum absolute atomic E-state index is 5.62. The Balaban J connectivity index is 2.54. The van der Waals surface area contributed by atoms with Gasteiger partial charge in [-0.3, -0.25) is 0 Å². The number of benzene rings is 1. The third-order valence-electron chi connectivity index (χ3n) is 2.69. The first-order chi connectivity index (χ1) is 7.67. The molecule has 0 aliphatic carbocycles. The largest absolute Gasteiger partial charge is 0.489 e. The molecule has 1 unspecified atom stereocenters. The molecule has 1 atom stereocenters. The molecule has 1 rings (SSSR count). The van der Waals surface area contributed by atoms with Crippen LogP contribution in [-0.2, 0) is 0 Å². The zero-order chi connectivity index (χ0) is 12.0. The van der Waals surface area contributed by atoms with Crippen LogP contribution >= 0.6 is 11.6 Å². The SMILES string of the molecule is C=C(CCl)COc1ccc(C(C)CC)cc1. The van der Waals surface area contributed by atoms with Crippen molar-refractivity contribution >= 4 is 11.6 Å². The summed E-state index contributed by atoms with van der Waals surface area (Å²) in [6.45, 7) is 8.70. The van der Waals surface area contributed by atoms with E-state index in [1.54, 1.807) is 0 Å². The second-order valence-corrected chi connectivity index (χ2v) is 4.32. The van der Waals surface area contributed by atoms with Crippen molar-refractivity contribution in [2.75, 3.05) is 12.5 Å². The Morgan fingerprint density at radius 2 is 2.00 bits per heavy atom. The van der Waals surface area contributed by atoms with Gasteiger partial charge in [0.05, 0.1) is 0 Å². The highest BCUT2D eigenvalue weighted by Crippen LogP contribution is 2.21. The molecule has 0 aliphatic heterocycles. The average molecular weight is 239 g/mol. The second kappa shape index (κ2) is 6.59. The van der Waals surface area contributed by atoms with E-state index in [2.05, 4.69) is 32.6 Å². The number of hydrogen-bond donors (Lipinski definition) is 0. The Kier molecular flexibility index (Phi) is 5.41. The van der Waals surface area contributed by atoms with Crippen molar-refractivity contribution in [2.45, 2.75) is 26.2 Å². The van der Waals surface area contributed by atoms with Crippen molar-refractivity contribution in [2.24, 2.45) is 0 Å². The molecule has 0 fully saturated rings. The molecule has 1 nitrogen and oxygen atoms in total. The van der Waals surface area contributed by atoms with Crippen LogP contribution in [0.2, 0.25) is 0 Å². The van der Waals surface area contributed by atoms with Crippen LogP contribution in [0, 0.1) is 0 Å². The predicted molar refractivity (Wildman–Crippen MR) is 70.5 cm³/mol. The van der Waals surface area contributed by atoms with E-state index in [4.69, 9.17) is 16.3 Å². The van der Waals surface area contributed by atoms with Crippen LogP contribution in [0.25, 0.3) is 0 Å². The highest BCUT2D eigenvalue weighted by molar-refractivity contribution is 6.19. The number of hydrogen-bond acceptors (Lipinski definition) is 1. The molecule has 16 heavy (non-hydrogen) atoms. The highest BCUT2D eigenvalue weighted by atomic mass is 35.5. The first kappa shape index (κ1) is 13.1. The zero-order valence-corrected chi connectivity index (χ0v) is 10.8. The molecule has 0 saturated carbocycles. The van der Waals surface area contributed by atoms with Crippen LogP contribution in [0.4, 0.5) is 0 Å². The van der Waals surface area contributed by atoms with E-state index in [-0.39, 0.29) is 0 Å². The van der Waals surface area contributed by atoms with Gasteiger partial charge in [-0.15, -0.1) is 11.6 Å². The molecule has 0 radical (unpaired) electrons. The van der Waals surface area contributed by atoms with Crippen molar-refractivity contribution in [1.82, 2.24) is 0 Å². The Morgan fingerprint density at radius 3 is 2.50 bits per heavy atom. The van der Waals surface area contributed by atoms with Gasteiger partial charge in [0.2, 0.25) is 0 Å². The van der Waals surface area contributed by atoms with E-state index in [0.717, 1.165) is 17.7 Å². The number of rotatable bonds is 6. The average Bonchev–Trinajstić information content (AvgIpc) is 2.35. The minimum absolute atomic E-state index is 0.449. The maximum Gasteiger partial charge on any atom is 0.119 e. The minimum Gasteiger partial charge on any atom is -0.489 e. The predicted octanol–water partition coefficient (Wildman–Crippen LogP) is 4.37. The third-order valence-corrected chi connectivity index (χ3v) is 3.07. The summed E-state index contributed by atoms with van der Waals surface area (Å²) in [5.41, 5.74) is 2.25. The lowest BCUT2D eigenvalue weighted by Crippen LogP contribution is -2.01. The lowest BCUT2D eigenvalue weighted by atomic mass is 9.99. The topological polar surface area (TPSA) is 9.23 Å². The molecule has 0 aliphatic rings. The fraction of sp³-hybridized carbons (Fsp3) is 0.429. The van der Waals surface area contributed by atoms with Crippen LogP contribution in [0.1, 0.15) is 31.7 Å². The number of alkyl halides is 1. The molecule has 88 valence electrons. The molecular formula is C14H19ClO. The van der Waals surface area contributed by atoms with E-state index >= 15 is 0 Å². The third kappa shape index (κ3) is 3.90. The minimum atomic E-state index is 0.449. The summed E-state index contributed by atoms with van der Waals surface area (Å²) in [5, 5.41) is 0. The first-order valence-corrected chi connectivity index (χ1v) is 6.16. The monoisotopic (exact) mass is 238 g/mol. The van der Waals surface area contributed by atoms with Crippen LogP contribution in [-0.4, -0.2) is 12.5 Å². The van der Waals surface area contributed by atoms with Crippen molar-refractivity contribution in [3.05, 3.63) is 42.0 Å². The molecule has 0 amide bonds. The van der Waals surface area contributed by atoms with E-state index in [1.807, 2.05) is 12.1 Å². The summed E-state index contributed by atoms with van der Waals surface area (Å²) in [6, 6.07) is 8.24. The Labute approximate surface area is 103 Å². The smallest absolute Gasteiger partial charge is 0.119 e. The van der Waals surface area contributed by atoms with E-state index in [1.165, 1.54) is 5.56 Å². The Bertz CT molecular complexity index is 329. The van der Waals surface area contributed by atoms with Gasteiger partial charge in [-0.1, -0.05) is 32.6 Å². The molecule has 1 aromatic carbocycles. The van der Waals surface area contributed by atoms with Gasteiger partial charge in [0, 0.05) is 5.88 Å². The molecule has 2 heteroatoms. The van der Waals surface area contributed by atoms with Gasteiger partial charge in [0.15, 0.2) is 0 Å². The molecule has 0 spiro atoms. The van der Waals surface area contributed by atoms with Gasteiger partial charge in [-0.05, 0) is 35.6 Å². The first-order valence-electron chi connectivity index (χ1n) is 5.62. The molecule has 1 aromatic rings. The molecule has 0 saturated heterocycles. The fourth-order valence-electron chi connectivity index (χ4n) is 1.35. The molecular weight excluding hydrogens is 220 g/mol. The summed E-state index contributed by atoms with van der Waals surface area (Å²) < 4.78 is 5.54. The van der Waals surface area contributed by atoms with E-state index < -0.39 is 0 Å². The van der Waals surface area contributed by atoms with Gasteiger partial charge < -0.3 is 4.74 Å². The zero-order valence-electron chi connectivity index (χ0n) is 10.0. The highest BCUT2D eigenvalue weighted by Gasteiger charge is 2.02. The molecule has 0 N–H and O–H groups in total. The van der Waals surface area contributed by atoms with Gasteiger partial charge >= 0.3 is 0 Å². The van der Waals surface area contributed by atoms with Crippen molar-refractivity contribution in [3.8, 4) is 5.75 Å². The summed E-state index contributed by atoms with van der Waals surface area (Å²) >= 11 is 5.62. The van der Waals surface area contributed by atoms with Crippen LogP contribution in [0.15, 0.2) is 36.4 Å². The summed E-state index contributed by atoms with van der Waals surface area (Å²) in [6.07, 6.45) is 1.16. The molecule has 0 aromatic heterocycles. The molecule has 0 heterocycles. The normalized spacial score (nSPS) is 12.2. The standard InChI is InChI=1S/C14H19ClO/c1-4-12(3)13-5-7-14(8-6-13)16-10-11(2)9-15/h5-8,12H,2,4,9-10H2,1,3H3. The second-order valence-electron chi connectivity index (χ2n) is 4.05. The lowest BCUT2D eigenvalue weighted by molar-refractivity contribution is 0.353. The summed E-state index contributed by atoms with van der Waals surface area (Å²) in [5.74, 6) is 1.93. The Morgan fingerprint density at radius 1 is 1.38 bits per heavy atom. The lowest BCUT2D eigenvalue weighted by Gasteiger charge is -2.11. The van der Waals surface area contributed by atoms with Gasteiger partial charge in [-0.2, -0.15) is 0 Å². The van der Waals surface area contributed by atoms with Crippen LogP contribution < -0.4 is 4.74 Å². The quantitative estimate of drug-likeness (QED) is 0.528. The summed E-state index contributed by atoms with van der Waals surface area (Å²) in [4.78, 5) is 0. The maximum atomic E-state index is 5.62. The van der Waals surface area contributed by atoms with Crippen LogP contribution in [0.3, 0.4) is 0 Å². The number of halogens is 1. The summed E-state index contributed by atoms with van der Waals surface area (Å²) in [7, 11) is 0. The van der Waals surface area contributed by atoms with Crippen molar-refractivity contribution in [3.63, 3.8) is 0 Å². The van der Waals surface area contributed by atoms with Gasteiger partial charge in [0.1, 0.15) is 12.4 Å². The van der Waals surface area contributed by atoms with Crippen LogP contribution in [0.5, 0.6) is 5.75 Å². The van der Waals surface area contributed by atoms with Crippen molar-refractivity contribution < 1.29 is 4.74 Å². The van der Waals surface area contributed by atoms with Gasteiger partial charge in [0.25, 0.3) is 0 Å². The fourth-order valence-corrected chi connectivity index (χ4v) is 1.43. The molecule has 0 bridgehead atoms. The number of ether oxygens (including phenoxy) is 1. The van der Waals surface area contributed by atoms with Gasteiger partial charge in [-0.25, -0.2) is 0 Å². The van der Waals surface area contributed by atoms with Crippen molar-refractivity contribution in [1.29, 1.82) is 0 Å². The van der Waals surface area contributed by atoms with E-state index in [9.17, 15) is 0 Å². The Hall–Kier alpha value is -0.950.